The lowest BCUT2D eigenvalue weighted by Crippen LogP contribution is -2.44. The summed E-state index contributed by atoms with van der Waals surface area (Å²) < 4.78 is 0. The summed E-state index contributed by atoms with van der Waals surface area (Å²) in [6.07, 6.45) is 0. The van der Waals surface area contributed by atoms with E-state index in [1.807, 2.05) is 13.8 Å². The smallest absolute Gasteiger partial charge is 0.274 e. The predicted octanol–water partition coefficient (Wildman–Crippen LogP) is 1.54. The standard InChI is InChI=1S/C13H19N3O3/c1-9(2)12(14)13(17)15(3)8-10-6-4-5-7-11(10)16(18)19/h4-7,9,12H,8,14H2,1-3H3/t12-/m1/s1. The largest absolute Gasteiger partial charge is 0.340 e. The Balaban J connectivity index is 2.85. The summed E-state index contributed by atoms with van der Waals surface area (Å²) in [5.74, 6) is -0.186. The lowest BCUT2D eigenvalue weighted by Gasteiger charge is -2.23. The van der Waals surface area contributed by atoms with Gasteiger partial charge in [0, 0.05) is 18.7 Å². The van der Waals surface area contributed by atoms with Crippen molar-refractivity contribution in [1.82, 2.24) is 4.90 Å². The van der Waals surface area contributed by atoms with Crippen LogP contribution >= 0.6 is 0 Å². The highest BCUT2D eigenvalue weighted by Gasteiger charge is 2.23. The monoisotopic (exact) mass is 265 g/mol. The van der Waals surface area contributed by atoms with E-state index >= 15 is 0 Å². The van der Waals surface area contributed by atoms with Crippen molar-refractivity contribution < 1.29 is 9.72 Å². The molecule has 0 heterocycles. The molecule has 0 aliphatic heterocycles. The summed E-state index contributed by atoms with van der Waals surface area (Å²) in [5.41, 5.74) is 6.30. The molecule has 2 N–H and O–H groups in total. The van der Waals surface area contributed by atoms with Gasteiger partial charge < -0.3 is 10.6 Å². The molecule has 0 spiro atoms. The highest BCUT2D eigenvalue weighted by atomic mass is 16.6. The van der Waals surface area contributed by atoms with Crippen LogP contribution in [0.5, 0.6) is 0 Å². The van der Waals surface area contributed by atoms with E-state index in [1.54, 1.807) is 25.2 Å². The van der Waals surface area contributed by atoms with E-state index in [2.05, 4.69) is 0 Å². The van der Waals surface area contributed by atoms with E-state index in [4.69, 9.17) is 5.73 Å². The zero-order valence-corrected chi connectivity index (χ0v) is 11.4. The van der Waals surface area contributed by atoms with Gasteiger partial charge in [0.2, 0.25) is 5.91 Å². The van der Waals surface area contributed by atoms with Gasteiger partial charge in [-0.3, -0.25) is 14.9 Å². The number of hydrogen-bond donors (Lipinski definition) is 1. The summed E-state index contributed by atoms with van der Waals surface area (Å²) in [6.45, 7) is 3.90. The van der Waals surface area contributed by atoms with Gasteiger partial charge in [0.25, 0.3) is 5.69 Å². The highest BCUT2D eigenvalue weighted by Crippen LogP contribution is 2.19. The number of benzene rings is 1. The fourth-order valence-corrected chi connectivity index (χ4v) is 1.70. The van der Waals surface area contributed by atoms with Gasteiger partial charge in [0.15, 0.2) is 0 Å². The number of nitro groups is 1. The zero-order valence-electron chi connectivity index (χ0n) is 11.4. The molecule has 1 atom stereocenters. The minimum absolute atomic E-state index is 0.0141. The minimum atomic E-state index is -0.590. The third-order valence-electron chi connectivity index (χ3n) is 2.98. The van der Waals surface area contributed by atoms with Crippen LogP contribution in [-0.2, 0) is 11.3 Å². The van der Waals surface area contributed by atoms with Gasteiger partial charge in [0.1, 0.15) is 0 Å². The highest BCUT2D eigenvalue weighted by molar-refractivity contribution is 5.81. The molecule has 1 aromatic rings. The third kappa shape index (κ3) is 3.75. The van der Waals surface area contributed by atoms with Crippen LogP contribution in [0.3, 0.4) is 0 Å². The van der Waals surface area contributed by atoms with Gasteiger partial charge in [-0.05, 0) is 5.92 Å². The van der Waals surface area contributed by atoms with E-state index in [0.29, 0.717) is 5.56 Å². The average molecular weight is 265 g/mol. The molecule has 1 aromatic carbocycles. The van der Waals surface area contributed by atoms with E-state index in [1.165, 1.54) is 11.0 Å². The van der Waals surface area contributed by atoms with Crippen LogP contribution in [0.4, 0.5) is 5.69 Å². The number of carbonyl (C=O) groups is 1. The number of amides is 1. The van der Waals surface area contributed by atoms with Crippen molar-refractivity contribution in [2.45, 2.75) is 26.4 Å². The second-order valence-electron chi connectivity index (χ2n) is 4.85. The van der Waals surface area contributed by atoms with E-state index in [-0.39, 0.29) is 24.1 Å². The van der Waals surface area contributed by atoms with Crippen molar-refractivity contribution in [2.75, 3.05) is 7.05 Å². The molecule has 1 amide bonds. The SMILES string of the molecule is CC(C)[C@@H](N)C(=O)N(C)Cc1ccccc1[N+](=O)[O-]. The Morgan fingerprint density at radius 2 is 2.00 bits per heavy atom. The van der Waals surface area contributed by atoms with Gasteiger partial charge in [-0.1, -0.05) is 32.0 Å². The quantitative estimate of drug-likeness (QED) is 0.646. The maximum absolute atomic E-state index is 12.0. The van der Waals surface area contributed by atoms with Gasteiger partial charge in [0.05, 0.1) is 17.5 Å². The molecular weight excluding hydrogens is 246 g/mol. The molecule has 6 heteroatoms. The van der Waals surface area contributed by atoms with E-state index < -0.39 is 11.0 Å². The predicted molar refractivity (Wildman–Crippen MR) is 72.4 cm³/mol. The third-order valence-corrected chi connectivity index (χ3v) is 2.98. The van der Waals surface area contributed by atoms with Crippen LogP contribution in [0.15, 0.2) is 24.3 Å². The zero-order chi connectivity index (χ0) is 14.6. The van der Waals surface area contributed by atoms with Crippen molar-refractivity contribution in [3.63, 3.8) is 0 Å². The van der Waals surface area contributed by atoms with Crippen molar-refractivity contribution in [2.24, 2.45) is 11.7 Å². The number of nitrogens with zero attached hydrogens (tertiary/aromatic N) is 2. The maximum Gasteiger partial charge on any atom is 0.274 e. The van der Waals surface area contributed by atoms with Crippen molar-refractivity contribution in [3.8, 4) is 0 Å². The van der Waals surface area contributed by atoms with Gasteiger partial charge in [-0.25, -0.2) is 0 Å². The summed E-state index contributed by atoms with van der Waals surface area (Å²) in [5, 5.41) is 10.9. The average Bonchev–Trinajstić information content (AvgIpc) is 2.37. The second-order valence-corrected chi connectivity index (χ2v) is 4.85. The summed E-state index contributed by atoms with van der Waals surface area (Å²) in [4.78, 5) is 23.9. The molecule has 0 bridgehead atoms. The normalized spacial score (nSPS) is 12.3. The molecule has 6 nitrogen and oxygen atoms in total. The van der Waals surface area contributed by atoms with Crippen LogP contribution < -0.4 is 5.73 Å². The fourth-order valence-electron chi connectivity index (χ4n) is 1.70. The molecule has 0 radical (unpaired) electrons. The fraction of sp³-hybridized carbons (Fsp3) is 0.462. The van der Waals surface area contributed by atoms with E-state index in [0.717, 1.165) is 0 Å². The number of hydrogen-bond acceptors (Lipinski definition) is 4. The first kappa shape index (κ1) is 15.1. The summed E-state index contributed by atoms with van der Waals surface area (Å²) in [6, 6.07) is 5.79. The van der Waals surface area contributed by atoms with Gasteiger partial charge >= 0.3 is 0 Å². The number of nitro benzene ring substituents is 1. The number of likely N-dealkylation sites (N-methyl/N-ethyl adjacent to an activating group) is 1. The van der Waals surface area contributed by atoms with E-state index in [9.17, 15) is 14.9 Å². The molecule has 104 valence electrons. The van der Waals surface area contributed by atoms with Gasteiger partial charge in [-0.2, -0.15) is 0 Å². The molecule has 0 unspecified atom stereocenters. The molecule has 0 saturated heterocycles. The molecule has 0 aliphatic carbocycles. The minimum Gasteiger partial charge on any atom is -0.340 e. The maximum atomic E-state index is 12.0. The molecule has 0 saturated carbocycles. The van der Waals surface area contributed by atoms with Crippen molar-refractivity contribution >= 4 is 11.6 Å². The van der Waals surface area contributed by atoms with Crippen LogP contribution in [0, 0.1) is 16.0 Å². The Morgan fingerprint density at radius 3 is 2.53 bits per heavy atom. The Bertz CT molecular complexity index is 474. The van der Waals surface area contributed by atoms with Crippen LogP contribution in [-0.4, -0.2) is 28.8 Å². The number of rotatable bonds is 5. The summed E-state index contributed by atoms with van der Waals surface area (Å²) in [7, 11) is 1.60. The van der Waals surface area contributed by atoms with Gasteiger partial charge in [-0.15, -0.1) is 0 Å². The Kier molecular flexibility index (Phi) is 5.00. The topological polar surface area (TPSA) is 89.5 Å². The number of nitrogens with two attached hydrogens (primary N) is 1. The van der Waals surface area contributed by atoms with Crippen LogP contribution in [0.25, 0.3) is 0 Å². The lowest BCUT2D eigenvalue weighted by molar-refractivity contribution is -0.385. The second kappa shape index (κ2) is 6.29. The van der Waals surface area contributed by atoms with Crippen molar-refractivity contribution in [1.29, 1.82) is 0 Å². The molecule has 0 fully saturated rings. The molecule has 0 aliphatic rings. The first-order valence-electron chi connectivity index (χ1n) is 6.07. The molecule has 1 rings (SSSR count). The molecule has 0 aromatic heterocycles. The Hall–Kier alpha value is -1.95. The van der Waals surface area contributed by atoms with Crippen LogP contribution in [0.1, 0.15) is 19.4 Å². The molecular formula is C13H19N3O3. The first-order chi connectivity index (χ1) is 8.84. The number of para-hydroxylation sites is 1. The number of carbonyl (C=O) groups excluding carboxylic acids is 1. The summed E-state index contributed by atoms with van der Waals surface area (Å²) >= 11 is 0. The molecule has 19 heavy (non-hydrogen) atoms. The first-order valence-corrected chi connectivity index (χ1v) is 6.07. The Labute approximate surface area is 112 Å². The van der Waals surface area contributed by atoms with Crippen molar-refractivity contribution in [3.05, 3.63) is 39.9 Å². The van der Waals surface area contributed by atoms with Crippen LogP contribution in [0.2, 0.25) is 0 Å². The lowest BCUT2D eigenvalue weighted by atomic mass is 10.0. The Morgan fingerprint density at radius 1 is 1.42 bits per heavy atom.